The molecule has 2 aromatic rings. The Labute approximate surface area is 181 Å². The van der Waals surface area contributed by atoms with Crippen LogP contribution >= 0.6 is 44.8 Å². The van der Waals surface area contributed by atoms with Gasteiger partial charge >= 0.3 is 12.1 Å². The molecular formula is C18H20Cl2N4O2S2. The zero-order chi connectivity index (χ0) is 20.2. The number of amides is 4. The summed E-state index contributed by atoms with van der Waals surface area (Å²) in [6.07, 6.45) is 0. The lowest BCUT2D eigenvalue weighted by atomic mass is 10.3. The fraction of sp³-hybridized carbons (Fsp3) is 0.222. The standard InChI is InChI=1S/C18H20Cl2N4O2S2/c19-13-1-5-15(6-2-13)23-17(25)21-9-11-27-28-12-10-22-18(26)24-16-7-3-14(20)4-8-16/h1-8H,9-12H2,(H2,21,23,25)(H2,22,24,26). The summed E-state index contributed by atoms with van der Waals surface area (Å²) in [5, 5.41) is 12.3. The van der Waals surface area contributed by atoms with Crippen molar-refractivity contribution in [3.8, 4) is 0 Å². The fourth-order valence-corrected chi connectivity index (χ4v) is 4.01. The number of anilines is 2. The largest absolute Gasteiger partial charge is 0.337 e. The van der Waals surface area contributed by atoms with E-state index < -0.39 is 0 Å². The lowest BCUT2D eigenvalue weighted by Gasteiger charge is -2.08. The highest BCUT2D eigenvalue weighted by Crippen LogP contribution is 2.19. The first-order valence-electron chi connectivity index (χ1n) is 8.38. The summed E-state index contributed by atoms with van der Waals surface area (Å²) >= 11 is 11.6. The van der Waals surface area contributed by atoms with Gasteiger partial charge in [0, 0.05) is 46.0 Å². The van der Waals surface area contributed by atoms with Gasteiger partial charge in [-0.3, -0.25) is 0 Å². The molecule has 0 saturated heterocycles. The molecule has 0 heterocycles. The summed E-state index contributed by atoms with van der Waals surface area (Å²) in [5.41, 5.74) is 1.37. The Hall–Kier alpha value is -1.74. The molecule has 0 atom stereocenters. The third-order valence-electron chi connectivity index (χ3n) is 3.23. The van der Waals surface area contributed by atoms with E-state index in [2.05, 4.69) is 21.3 Å². The molecule has 0 spiro atoms. The maximum absolute atomic E-state index is 11.7. The van der Waals surface area contributed by atoms with Gasteiger partial charge in [-0.05, 0) is 48.5 Å². The first-order valence-corrected chi connectivity index (χ1v) is 11.6. The van der Waals surface area contributed by atoms with E-state index >= 15 is 0 Å². The van der Waals surface area contributed by atoms with Gasteiger partial charge in [-0.15, -0.1) is 0 Å². The van der Waals surface area contributed by atoms with Crippen LogP contribution in [0.3, 0.4) is 0 Å². The zero-order valence-corrected chi connectivity index (χ0v) is 18.0. The molecule has 150 valence electrons. The van der Waals surface area contributed by atoms with Crippen molar-refractivity contribution in [3.05, 3.63) is 58.6 Å². The number of benzene rings is 2. The monoisotopic (exact) mass is 458 g/mol. The second-order valence-corrected chi connectivity index (χ2v) is 8.99. The highest BCUT2D eigenvalue weighted by molar-refractivity contribution is 8.76. The molecule has 4 N–H and O–H groups in total. The number of halogens is 2. The highest BCUT2D eigenvalue weighted by atomic mass is 35.5. The molecule has 0 radical (unpaired) electrons. The molecule has 2 rings (SSSR count). The first kappa shape index (κ1) is 22.5. The maximum Gasteiger partial charge on any atom is 0.319 e. The van der Waals surface area contributed by atoms with Gasteiger partial charge in [0.2, 0.25) is 0 Å². The smallest absolute Gasteiger partial charge is 0.319 e. The van der Waals surface area contributed by atoms with Gasteiger partial charge in [-0.25, -0.2) is 9.59 Å². The van der Waals surface area contributed by atoms with Crippen LogP contribution in [0, 0.1) is 0 Å². The van der Waals surface area contributed by atoms with Crippen LogP contribution in [0.1, 0.15) is 0 Å². The van der Waals surface area contributed by atoms with Crippen molar-refractivity contribution in [2.75, 3.05) is 35.2 Å². The van der Waals surface area contributed by atoms with Crippen molar-refractivity contribution in [2.45, 2.75) is 0 Å². The van der Waals surface area contributed by atoms with Crippen LogP contribution < -0.4 is 21.3 Å². The van der Waals surface area contributed by atoms with Crippen molar-refractivity contribution >= 4 is 68.2 Å². The van der Waals surface area contributed by atoms with Crippen LogP contribution in [0.4, 0.5) is 21.0 Å². The molecule has 0 aliphatic heterocycles. The molecule has 6 nitrogen and oxygen atoms in total. The average molecular weight is 459 g/mol. The Morgan fingerprint density at radius 2 is 1.04 bits per heavy atom. The van der Waals surface area contributed by atoms with Gasteiger partial charge in [-0.1, -0.05) is 44.8 Å². The molecule has 0 aliphatic carbocycles. The predicted molar refractivity (Wildman–Crippen MR) is 122 cm³/mol. The van der Waals surface area contributed by atoms with E-state index in [1.807, 2.05) is 0 Å². The van der Waals surface area contributed by atoms with Gasteiger partial charge in [0.1, 0.15) is 0 Å². The van der Waals surface area contributed by atoms with E-state index in [0.29, 0.717) is 34.5 Å². The molecule has 10 heteroatoms. The van der Waals surface area contributed by atoms with Gasteiger partial charge in [0.25, 0.3) is 0 Å². The third kappa shape index (κ3) is 9.45. The van der Waals surface area contributed by atoms with Crippen molar-refractivity contribution < 1.29 is 9.59 Å². The number of carbonyl (C=O) groups is 2. The van der Waals surface area contributed by atoms with Crippen LogP contribution in [0.15, 0.2) is 48.5 Å². The fourth-order valence-electron chi connectivity index (χ4n) is 1.95. The van der Waals surface area contributed by atoms with Crippen LogP contribution in [0.25, 0.3) is 0 Å². The lowest BCUT2D eigenvalue weighted by molar-refractivity contribution is 0.252. The Morgan fingerprint density at radius 3 is 1.39 bits per heavy atom. The van der Waals surface area contributed by atoms with E-state index in [1.54, 1.807) is 70.1 Å². The zero-order valence-electron chi connectivity index (χ0n) is 14.8. The van der Waals surface area contributed by atoms with Crippen molar-refractivity contribution in [1.29, 1.82) is 0 Å². The predicted octanol–water partition coefficient (Wildman–Crippen LogP) is 5.32. The third-order valence-corrected chi connectivity index (χ3v) is 6.14. The van der Waals surface area contributed by atoms with Gasteiger partial charge < -0.3 is 21.3 Å². The first-order chi connectivity index (χ1) is 13.5. The van der Waals surface area contributed by atoms with E-state index in [0.717, 1.165) is 11.5 Å². The average Bonchev–Trinajstić information content (AvgIpc) is 2.67. The van der Waals surface area contributed by atoms with Crippen molar-refractivity contribution in [3.63, 3.8) is 0 Å². The minimum atomic E-state index is -0.256. The Bertz CT molecular complexity index is 696. The Morgan fingerprint density at radius 1 is 0.679 bits per heavy atom. The maximum atomic E-state index is 11.7. The Balaban J connectivity index is 1.45. The second kappa shape index (κ2) is 12.7. The molecule has 0 saturated carbocycles. The topological polar surface area (TPSA) is 82.3 Å². The highest BCUT2D eigenvalue weighted by Gasteiger charge is 2.02. The molecule has 4 amide bonds. The van der Waals surface area contributed by atoms with Crippen molar-refractivity contribution in [2.24, 2.45) is 0 Å². The summed E-state index contributed by atoms with van der Waals surface area (Å²) in [6, 6.07) is 13.3. The number of hydrogen-bond donors (Lipinski definition) is 4. The van der Waals surface area contributed by atoms with E-state index in [9.17, 15) is 9.59 Å². The molecule has 0 aliphatic rings. The Kier molecular flexibility index (Phi) is 10.2. The lowest BCUT2D eigenvalue weighted by Crippen LogP contribution is -2.30. The normalized spacial score (nSPS) is 10.2. The van der Waals surface area contributed by atoms with Gasteiger partial charge in [-0.2, -0.15) is 0 Å². The van der Waals surface area contributed by atoms with Crippen LogP contribution in [0.2, 0.25) is 10.0 Å². The van der Waals surface area contributed by atoms with Crippen molar-refractivity contribution in [1.82, 2.24) is 10.6 Å². The number of hydrogen-bond acceptors (Lipinski definition) is 4. The van der Waals surface area contributed by atoms with Crippen LogP contribution in [-0.2, 0) is 0 Å². The van der Waals surface area contributed by atoms with Gasteiger partial charge in [0.05, 0.1) is 0 Å². The molecule has 0 unspecified atom stereocenters. The molecular weight excluding hydrogens is 439 g/mol. The van der Waals surface area contributed by atoms with E-state index in [-0.39, 0.29) is 12.1 Å². The summed E-state index contributed by atoms with van der Waals surface area (Å²) in [6.45, 7) is 1.09. The summed E-state index contributed by atoms with van der Waals surface area (Å²) in [7, 11) is 3.26. The minimum Gasteiger partial charge on any atom is -0.337 e. The van der Waals surface area contributed by atoms with E-state index in [1.165, 1.54) is 0 Å². The summed E-state index contributed by atoms with van der Waals surface area (Å²) in [5.74, 6) is 1.52. The van der Waals surface area contributed by atoms with Gasteiger partial charge in [0.15, 0.2) is 0 Å². The summed E-state index contributed by atoms with van der Waals surface area (Å²) < 4.78 is 0. The number of nitrogens with one attached hydrogen (secondary N) is 4. The molecule has 28 heavy (non-hydrogen) atoms. The quantitative estimate of drug-likeness (QED) is 0.302. The number of urea groups is 2. The van der Waals surface area contributed by atoms with Crippen LogP contribution in [0.5, 0.6) is 0 Å². The van der Waals surface area contributed by atoms with Crippen LogP contribution in [-0.4, -0.2) is 36.7 Å². The second-order valence-electron chi connectivity index (χ2n) is 5.42. The summed E-state index contributed by atoms with van der Waals surface area (Å²) in [4.78, 5) is 23.5. The number of rotatable bonds is 9. The van der Waals surface area contributed by atoms with E-state index in [4.69, 9.17) is 23.2 Å². The number of carbonyl (C=O) groups excluding carboxylic acids is 2. The molecule has 0 bridgehead atoms. The molecule has 0 fully saturated rings. The molecule has 2 aromatic carbocycles. The minimum absolute atomic E-state index is 0.256. The SMILES string of the molecule is O=C(NCCSSCCNC(=O)Nc1ccc(Cl)cc1)Nc1ccc(Cl)cc1. The molecule has 0 aromatic heterocycles.